The van der Waals surface area contributed by atoms with Gasteiger partial charge in [-0.25, -0.2) is 0 Å². The van der Waals surface area contributed by atoms with Gasteiger partial charge < -0.3 is 0 Å². The molecule has 0 N–H and O–H groups in total. The summed E-state index contributed by atoms with van der Waals surface area (Å²) in [5.41, 5.74) is 15.6. The van der Waals surface area contributed by atoms with E-state index in [1.54, 1.807) is 0 Å². The molecule has 1 spiro atoms. The van der Waals surface area contributed by atoms with Crippen molar-refractivity contribution in [1.29, 1.82) is 0 Å². The molecule has 1 atom stereocenters. The normalized spacial score (nSPS) is 16.3. The van der Waals surface area contributed by atoms with E-state index in [9.17, 15) is 0 Å². The number of benzene rings is 8. The van der Waals surface area contributed by atoms with Gasteiger partial charge in [-0.2, -0.15) is 0 Å². The minimum Gasteiger partial charge on any atom is -0.0888 e. The van der Waals surface area contributed by atoms with Crippen LogP contribution in [0.2, 0.25) is 0 Å². The van der Waals surface area contributed by atoms with Crippen molar-refractivity contribution in [3.63, 3.8) is 0 Å². The van der Waals surface area contributed by atoms with Gasteiger partial charge in [-0.3, -0.25) is 0 Å². The Morgan fingerprint density at radius 3 is 1.67 bits per heavy atom. The Bertz CT molecular complexity index is 2610. The molecule has 1 unspecified atom stereocenters. The summed E-state index contributed by atoms with van der Waals surface area (Å²) >= 11 is 1.90. The minimum atomic E-state index is -0.440. The Labute approximate surface area is 272 Å². The summed E-state index contributed by atoms with van der Waals surface area (Å²) < 4.78 is 0. The third-order valence-corrected chi connectivity index (χ3v) is 11.8. The van der Waals surface area contributed by atoms with Crippen molar-refractivity contribution in [2.45, 2.75) is 15.2 Å². The maximum atomic E-state index is 2.46. The lowest BCUT2D eigenvalue weighted by molar-refractivity contribution is 0.775. The Morgan fingerprint density at radius 2 is 0.891 bits per heavy atom. The van der Waals surface area contributed by atoms with Crippen LogP contribution in [0.5, 0.6) is 0 Å². The van der Waals surface area contributed by atoms with Crippen molar-refractivity contribution in [2.24, 2.45) is 0 Å². The minimum absolute atomic E-state index is 0.440. The smallest absolute Gasteiger partial charge is 0.0731 e. The van der Waals surface area contributed by atoms with E-state index >= 15 is 0 Å². The standard InChI is InChI=1S/C45H26S/c1-3-20-37-31(14-1)33-17-5-10-27-12-7-22-39(42(27)33)45(37)38-21-4-2-15-32(38)35-19-9-16-30(44(35)45)29-24-25-40-36(26-29)34-18-6-11-28-13-8-23-41(46-40)43(28)34/h1-26H. The zero-order valence-electron chi connectivity index (χ0n) is 24.9. The van der Waals surface area contributed by atoms with Crippen LogP contribution >= 0.6 is 11.8 Å². The number of hydrogen-bond donors (Lipinski definition) is 0. The molecule has 1 heteroatoms. The average molecular weight is 599 g/mol. The van der Waals surface area contributed by atoms with E-state index in [2.05, 4.69) is 158 Å². The summed E-state index contributed by atoms with van der Waals surface area (Å²) in [5.74, 6) is 0. The molecule has 8 aromatic rings. The molecule has 212 valence electrons. The number of hydrogen-bond acceptors (Lipinski definition) is 1. The van der Waals surface area contributed by atoms with Crippen LogP contribution in [0.15, 0.2) is 168 Å². The largest absolute Gasteiger partial charge is 0.0888 e. The fraction of sp³-hybridized carbons (Fsp3) is 0.0222. The van der Waals surface area contributed by atoms with Crippen molar-refractivity contribution < 1.29 is 0 Å². The summed E-state index contributed by atoms with van der Waals surface area (Å²) in [4.78, 5) is 2.66. The Kier molecular flexibility index (Phi) is 4.80. The Morgan fingerprint density at radius 1 is 0.348 bits per heavy atom. The van der Waals surface area contributed by atoms with E-state index in [-0.39, 0.29) is 0 Å². The molecule has 2 aliphatic carbocycles. The third-order valence-electron chi connectivity index (χ3n) is 10.7. The van der Waals surface area contributed by atoms with Gasteiger partial charge in [-0.1, -0.05) is 151 Å². The van der Waals surface area contributed by atoms with Crippen molar-refractivity contribution >= 4 is 33.3 Å². The van der Waals surface area contributed by atoms with E-state index in [1.165, 1.54) is 98.1 Å². The number of rotatable bonds is 1. The van der Waals surface area contributed by atoms with E-state index in [4.69, 9.17) is 0 Å². The van der Waals surface area contributed by atoms with Crippen LogP contribution in [0.4, 0.5) is 0 Å². The van der Waals surface area contributed by atoms with Gasteiger partial charge in [0.1, 0.15) is 0 Å². The van der Waals surface area contributed by atoms with Crippen LogP contribution < -0.4 is 0 Å². The van der Waals surface area contributed by atoms with Gasteiger partial charge >= 0.3 is 0 Å². The predicted octanol–water partition coefficient (Wildman–Crippen LogP) is 12.1. The maximum absolute atomic E-state index is 2.46. The summed E-state index contributed by atoms with van der Waals surface area (Å²) in [7, 11) is 0. The van der Waals surface area contributed by atoms with Gasteiger partial charge in [0.15, 0.2) is 0 Å². The zero-order chi connectivity index (χ0) is 30.0. The summed E-state index contributed by atoms with van der Waals surface area (Å²) in [5, 5.41) is 5.33. The van der Waals surface area contributed by atoms with Gasteiger partial charge in [0.2, 0.25) is 0 Å². The first kappa shape index (κ1) is 24.9. The third kappa shape index (κ3) is 2.97. The van der Waals surface area contributed by atoms with Gasteiger partial charge in [0.25, 0.3) is 0 Å². The zero-order valence-corrected chi connectivity index (χ0v) is 25.7. The predicted molar refractivity (Wildman–Crippen MR) is 193 cm³/mol. The fourth-order valence-electron chi connectivity index (χ4n) is 8.96. The molecule has 0 bridgehead atoms. The topological polar surface area (TPSA) is 0 Å². The number of fused-ring (bicyclic) bond motifs is 11. The van der Waals surface area contributed by atoms with E-state index in [1.807, 2.05) is 11.8 Å². The van der Waals surface area contributed by atoms with Crippen LogP contribution in [0.3, 0.4) is 0 Å². The van der Waals surface area contributed by atoms with Gasteiger partial charge in [0.05, 0.1) is 5.41 Å². The SMILES string of the molecule is c1ccc2c(c1)-c1cccc(-c3ccc4c(c3)-c3cccc5cccc(c35)S4)c1C21c2ccccc2-c2cccc3cccc1c23. The first-order chi connectivity index (χ1) is 22.8. The first-order valence-corrected chi connectivity index (χ1v) is 16.8. The molecular weight excluding hydrogens is 573 g/mol. The van der Waals surface area contributed by atoms with Crippen molar-refractivity contribution in [3.05, 3.63) is 180 Å². The van der Waals surface area contributed by atoms with E-state index in [0.29, 0.717) is 0 Å². The quantitative estimate of drug-likeness (QED) is 0.181. The Balaban J connectivity index is 1.27. The summed E-state index contributed by atoms with van der Waals surface area (Å²) in [6, 6.07) is 59.6. The van der Waals surface area contributed by atoms with Crippen molar-refractivity contribution in [3.8, 4) is 44.5 Å². The molecule has 0 saturated carbocycles. The highest BCUT2D eigenvalue weighted by Crippen LogP contribution is 2.63. The van der Waals surface area contributed by atoms with Gasteiger partial charge in [0, 0.05) is 15.2 Å². The first-order valence-electron chi connectivity index (χ1n) is 16.0. The molecule has 1 heterocycles. The van der Waals surface area contributed by atoms with Crippen LogP contribution in [0.25, 0.3) is 66.1 Å². The highest BCUT2D eigenvalue weighted by atomic mass is 32.2. The monoisotopic (exact) mass is 598 g/mol. The lowest BCUT2D eigenvalue weighted by atomic mass is 9.60. The molecule has 0 fully saturated rings. The Hall–Kier alpha value is -5.37. The molecule has 0 aromatic heterocycles. The van der Waals surface area contributed by atoms with Crippen LogP contribution in [-0.4, -0.2) is 0 Å². The molecule has 46 heavy (non-hydrogen) atoms. The molecule has 0 saturated heterocycles. The molecule has 3 aliphatic rings. The fourth-order valence-corrected chi connectivity index (χ4v) is 10.1. The highest BCUT2D eigenvalue weighted by molar-refractivity contribution is 7.99. The highest BCUT2D eigenvalue weighted by Gasteiger charge is 2.51. The van der Waals surface area contributed by atoms with Crippen LogP contribution in [-0.2, 0) is 5.41 Å². The molecule has 11 rings (SSSR count). The average Bonchev–Trinajstić information content (AvgIpc) is 3.42. The molecule has 0 radical (unpaired) electrons. The maximum Gasteiger partial charge on any atom is 0.0731 e. The van der Waals surface area contributed by atoms with Crippen LogP contribution in [0.1, 0.15) is 22.3 Å². The molecule has 8 aromatic carbocycles. The summed E-state index contributed by atoms with van der Waals surface area (Å²) in [6.45, 7) is 0. The van der Waals surface area contributed by atoms with E-state index < -0.39 is 5.41 Å². The second kappa shape index (κ2) is 8.88. The lowest BCUT2D eigenvalue weighted by Crippen LogP contribution is -2.32. The molecular formula is C45H26S. The van der Waals surface area contributed by atoms with Crippen molar-refractivity contribution in [1.82, 2.24) is 0 Å². The van der Waals surface area contributed by atoms with Crippen molar-refractivity contribution in [2.75, 3.05) is 0 Å². The molecule has 1 aliphatic heterocycles. The lowest BCUT2D eigenvalue weighted by Gasteiger charge is -2.41. The summed E-state index contributed by atoms with van der Waals surface area (Å²) in [6.07, 6.45) is 0. The molecule has 0 nitrogen and oxygen atoms in total. The second-order valence-corrected chi connectivity index (χ2v) is 13.8. The molecule has 0 amide bonds. The second-order valence-electron chi connectivity index (χ2n) is 12.8. The van der Waals surface area contributed by atoms with Gasteiger partial charge in [-0.05, 0) is 101 Å². The van der Waals surface area contributed by atoms with Crippen LogP contribution in [0, 0.1) is 0 Å². The van der Waals surface area contributed by atoms with Gasteiger partial charge in [-0.15, -0.1) is 0 Å². The van der Waals surface area contributed by atoms with E-state index in [0.717, 1.165) is 0 Å².